The molecule has 0 bridgehead atoms. The second-order valence-electron chi connectivity index (χ2n) is 4.49. The largest absolute Gasteiger partial charge is 0.417 e. The summed E-state index contributed by atoms with van der Waals surface area (Å²) in [7, 11) is 0. The van der Waals surface area contributed by atoms with Crippen LogP contribution in [0, 0.1) is 0 Å². The van der Waals surface area contributed by atoms with Gasteiger partial charge in [0.15, 0.2) is 6.29 Å². The lowest BCUT2D eigenvalue weighted by Gasteiger charge is -2.14. The number of carbonyl (C=O) groups excluding carboxylic acids is 1. The lowest BCUT2D eigenvalue weighted by molar-refractivity contribution is -0.0452. The lowest BCUT2D eigenvalue weighted by atomic mass is 10.2. The highest BCUT2D eigenvalue weighted by molar-refractivity contribution is 5.86. The van der Waals surface area contributed by atoms with Crippen molar-refractivity contribution in [2.24, 2.45) is 0 Å². The van der Waals surface area contributed by atoms with E-state index in [4.69, 9.17) is 14.2 Å². The molecule has 0 atom stereocenters. The van der Waals surface area contributed by atoms with Gasteiger partial charge in [0.05, 0.1) is 18.8 Å². The van der Waals surface area contributed by atoms with Crippen molar-refractivity contribution in [2.75, 3.05) is 18.5 Å². The van der Waals surface area contributed by atoms with Crippen LogP contribution in [0.25, 0.3) is 0 Å². The number of hydrogen-bond donors (Lipinski definition) is 1. The third-order valence-electron chi connectivity index (χ3n) is 3.02. The maximum absolute atomic E-state index is 11.9. The van der Waals surface area contributed by atoms with Crippen LogP contribution in [0.5, 0.6) is 5.75 Å². The van der Waals surface area contributed by atoms with Crippen molar-refractivity contribution >= 4 is 11.8 Å². The first kappa shape index (κ1) is 13.6. The second kappa shape index (κ2) is 6.39. The molecule has 1 aliphatic rings. The zero-order valence-electron chi connectivity index (χ0n) is 11.3. The summed E-state index contributed by atoms with van der Waals surface area (Å²) in [6.07, 6.45) is -1.03. The summed E-state index contributed by atoms with van der Waals surface area (Å²) in [5, 5.41) is 2.67. The minimum absolute atomic E-state index is 0.429. The van der Waals surface area contributed by atoms with E-state index in [1.807, 2.05) is 30.3 Å². The zero-order chi connectivity index (χ0) is 14.5. The van der Waals surface area contributed by atoms with Crippen LogP contribution in [0.4, 0.5) is 10.5 Å². The first-order valence-corrected chi connectivity index (χ1v) is 6.69. The van der Waals surface area contributed by atoms with Crippen LogP contribution in [-0.4, -0.2) is 19.3 Å². The molecule has 1 heterocycles. The number of rotatable bonds is 3. The number of nitrogens with one attached hydrogen (secondary N) is 1. The van der Waals surface area contributed by atoms with Gasteiger partial charge in [0.25, 0.3) is 0 Å². The van der Waals surface area contributed by atoms with Crippen molar-refractivity contribution < 1.29 is 19.0 Å². The number of anilines is 1. The summed E-state index contributed by atoms with van der Waals surface area (Å²) in [4.78, 5) is 11.9. The molecule has 5 nitrogen and oxygen atoms in total. The first-order chi connectivity index (χ1) is 10.3. The predicted octanol–water partition coefficient (Wildman–Crippen LogP) is 3.34. The summed E-state index contributed by atoms with van der Waals surface area (Å²) in [5.41, 5.74) is 1.38. The topological polar surface area (TPSA) is 56.8 Å². The van der Waals surface area contributed by atoms with E-state index < -0.39 is 12.4 Å². The Morgan fingerprint density at radius 3 is 2.43 bits per heavy atom. The fourth-order valence-corrected chi connectivity index (χ4v) is 2.07. The van der Waals surface area contributed by atoms with E-state index in [0.717, 1.165) is 0 Å². The SMILES string of the molecule is O=C(Nc1ccccc1)Oc1ccccc1C1OCCO1. The van der Waals surface area contributed by atoms with Crippen LogP contribution in [0.3, 0.4) is 0 Å². The van der Waals surface area contributed by atoms with Gasteiger partial charge in [0, 0.05) is 5.69 Å². The van der Waals surface area contributed by atoms with Gasteiger partial charge in [-0.05, 0) is 18.2 Å². The third kappa shape index (κ3) is 3.39. The number of hydrogen-bond acceptors (Lipinski definition) is 4. The number of para-hydroxylation sites is 2. The molecular weight excluding hydrogens is 270 g/mol. The lowest BCUT2D eigenvalue weighted by Crippen LogP contribution is -2.18. The molecule has 0 aliphatic carbocycles. The summed E-state index contributed by atoms with van der Waals surface area (Å²) in [5.74, 6) is 0.429. The number of amides is 1. The maximum Gasteiger partial charge on any atom is 0.417 e. The van der Waals surface area contributed by atoms with Crippen molar-refractivity contribution in [2.45, 2.75) is 6.29 Å². The van der Waals surface area contributed by atoms with Crippen LogP contribution in [0.1, 0.15) is 11.9 Å². The molecular formula is C16H15NO4. The fraction of sp³-hybridized carbons (Fsp3) is 0.188. The molecule has 108 valence electrons. The van der Waals surface area contributed by atoms with E-state index >= 15 is 0 Å². The van der Waals surface area contributed by atoms with Gasteiger partial charge < -0.3 is 14.2 Å². The number of benzene rings is 2. The van der Waals surface area contributed by atoms with Gasteiger partial charge in [-0.15, -0.1) is 0 Å². The molecule has 1 fully saturated rings. The molecule has 0 unspecified atom stereocenters. The van der Waals surface area contributed by atoms with Crippen molar-refractivity contribution in [1.29, 1.82) is 0 Å². The van der Waals surface area contributed by atoms with Gasteiger partial charge in [-0.3, -0.25) is 5.32 Å². The Bertz CT molecular complexity index is 609. The molecule has 0 aromatic heterocycles. The smallest absolute Gasteiger partial charge is 0.410 e. The minimum atomic E-state index is -0.549. The molecule has 1 N–H and O–H groups in total. The van der Waals surface area contributed by atoms with Crippen LogP contribution in [0.2, 0.25) is 0 Å². The van der Waals surface area contributed by atoms with Gasteiger partial charge in [-0.25, -0.2) is 4.79 Å². The highest BCUT2D eigenvalue weighted by Crippen LogP contribution is 2.31. The summed E-state index contributed by atoms with van der Waals surface area (Å²) >= 11 is 0. The summed E-state index contributed by atoms with van der Waals surface area (Å²) < 4.78 is 16.2. The highest BCUT2D eigenvalue weighted by atomic mass is 16.7. The van der Waals surface area contributed by atoms with E-state index in [9.17, 15) is 4.79 Å². The Balaban J connectivity index is 1.71. The van der Waals surface area contributed by atoms with Crippen LogP contribution in [-0.2, 0) is 9.47 Å². The molecule has 1 saturated heterocycles. The van der Waals surface area contributed by atoms with E-state index in [1.165, 1.54) is 0 Å². The minimum Gasteiger partial charge on any atom is -0.410 e. The van der Waals surface area contributed by atoms with Crippen LogP contribution in [0.15, 0.2) is 54.6 Å². The third-order valence-corrected chi connectivity index (χ3v) is 3.02. The van der Waals surface area contributed by atoms with Gasteiger partial charge >= 0.3 is 6.09 Å². The Morgan fingerprint density at radius 1 is 1.00 bits per heavy atom. The standard InChI is InChI=1S/C16H15NO4/c18-16(17-12-6-2-1-3-7-12)21-14-9-5-4-8-13(14)15-19-10-11-20-15/h1-9,15H,10-11H2,(H,17,18). The molecule has 0 radical (unpaired) electrons. The quantitative estimate of drug-likeness (QED) is 0.939. The molecule has 21 heavy (non-hydrogen) atoms. The monoisotopic (exact) mass is 285 g/mol. The summed E-state index contributed by atoms with van der Waals surface area (Å²) in [6, 6.07) is 16.3. The fourth-order valence-electron chi connectivity index (χ4n) is 2.07. The molecule has 1 amide bonds. The molecule has 3 rings (SSSR count). The average Bonchev–Trinajstić information content (AvgIpc) is 3.03. The first-order valence-electron chi connectivity index (χ1n) is 6.69. The van der Waals surface area contributed by atoms with E-state index in [0.29, 0.717) is 30.2 Å². The highest BCUT2D eigenvalue weighted by Gasteiger charge is 2.22. The van der Waals surface area contributed by atoms with Crippen molar-refractivity contribution in [1.82, 2.24) is 0 Å². The van der Waals surface area contributed by atoms with Crippen molar-refractivity contribution in [3.05, 3.63) is 60.2 Å². The van der Waals surface area contributed by atoms with E-state index in [-0.39, 0.29) is 0 Å². The summed E-state index contributed by atoms with van der Waals surface area (Å²) in [6.45, 7) is 1.07. The van der Waals surface area contributed by atoms with Gasteiger partial charge in [-0.2, -0.15) is 0 Å². The normalized spacial score (nSPS) is 14.9. The van der Waals surface area contributed by atoms with Crippen molar-refractivity contribution in [3.63, 3.8) is 0 Å². The average molecular weight is 285 g/mol. The maximum atomic E-state index is 11.9. The van der Waals surface area contributed by atoms with Gasteiger partial charge in [-0.1, -0.05) is 36.4 Å². The number of ether oxygens (including phenoxy) is 3. The van der Waals surface area contributed by atoms with Crippen LogP contribution < -0.4 is 10.1 Å². The van der Waals surface area contributed by atoms with E-state index in [1.54, 1.807) is 24.3 Å². The molecule has 0 spiro atoms. The van der Waals surface area contributed by atoms with Crippen LogP contribution >= 0.6 is 0 Å². The molecule has 2 aromatic carbocycles. The zero-order valence-corrected chi connectivity index (χ0v) is 11.3. The molecule has 5 heteroatoms. The Hall–Kier alpha value is -2.37. The molecule has 1 aliphatic heterocycles. The predicted molar refractivity (Wildman–Crippen MR) is 77.2 cm³/mol. The second-order valence-corrected chi connectivity index (χ2v) is 4.49. The van der Waals surface area contributed by atoms with Gasteiger partial charge in [0.2, 0.25) is 0 Å². The van der Waals surface area contributed by atoms with Gasteiger partial charge in [0.1, 0.15) is 5.75 Å². The Kier molecular flexibility index (Phi) is 4.14. The van der Waals surface area contributed by atoms with Crippen molar-refractivity contribution in [3.8, 4) is 5.75 Å². The molecule has 2 aromatic rings. The van der Waals surface area contributed by atoms with E-state index in [2.05, 4.69) is 5.32 Å². The Morgan fingerprint density at radius 2 is 1.67 bits per heavy atom. The Labute approximate surface area is 122 Å². The number of carbonyl (C=O) groups is 1. The molecule has 0 saturated carbocycles.